The van der Waals surface area contributed by atoms with Gasteiger partial charge in [0.05, 0.1) is 23.0 Å². The Morgan fingerprint density at radius 2 is 1.89 bits per heavy atom. The summed E-state index contributed by atoms with van der Waals surface area (Å²) in [6.45, 7) is 3.84. The monoisotopic (exact) mass is 354 g/mol. The summed E-state index contributed by atoms with van der Waals surface area (Å²) in [5.41, 5.74) is 7.40. The molecule has 3 aromatic rings. The van der Waals surface area contributed by atoms with Gasteiger partial charge in [-0.2, -0.15) is 15.5 Å². The molecule has 27 heavy (non-hydrogen) atoms. The summed E-state index contributed by atoms with van der Waals surface area (Å²) < 4.78 is 0. The minimum absolute atomic E-state index is 0.235. The van der Waals surface area contributed by atoms with Gasteiger partial charge in [0.2, 0.25) is 0 Å². The first-order valence-corrected chi connectivity index (χ1v) is 9.27. The molecular weight excluding hydrogens is 332 g/mol. The van der Waals surface area contributed by atoms with Crippen LogP contribution in [-0.2, 0) is 6.54 Å². The summed E-state index contributed by atoms with van der Waals surface area (Å²) in [4.78, 5) is 2.35. The van der Waals surface area contributed by atoms with E-state index in [0.29, 0.717) is 0 Å². The van der Waals surface area contributed by atoms with Crippen molar-refractivity contribution in [3.63, 3.8) is 0 Å². The molecule has 0 fully saturated rings. The summed E-state index contributed by atoms with van der Waals surface area (Å²) in [7, 11) is 2.15. The van der Waals surface area contributed by atoms with Crippen LogP contribution >= 0.6 is 0 Å². The second-order valence-corrected chi connectivity index (χ2v) is 7.25. The van der Waals surface area contributed by atoms with E-state index < -0.39 is 0 Å². The maximum absolute atomic E-state index is 9.56. The Bertz CT molecular complexity index is 1000. The molecule has 0 saturated heterocycles. The van der Waals surface area contributed by atoms with Gasteiger partial charge in [-0.1, -0.05) is 30.3 Å². The molecule has 0 aliphatic carbocycles. The second kappa shape index (κ2) is 7.30. The van der Waals surface area contributed by atoms with Crippen LogP contribution in [0.4, 0.5) is 0 Å². The highest BCUT2D eigenvalue weighted by Crippen LogP contribution is 2.36. The highest BCUT2D eigenvalue weighted by molar-refractivity contribution is 5.62. The van der Waals surface area contributed by atoms with Crippen molar-refractivity contribution in [3.05, 3.63) is 82.5 Å². The number of aryl methyl sites for hydroxylation is 1. The lowest BCUT2D eigenvalue weighted by Gasteiger charge is -2.19. The van der Waals surface area contributed by atoms with Gasteiger partial charge in [0.25, 0.3) is 0 Å². The van der Waals surface area contributed by atoms with E-state index in [1.807, 2.05) is 37.3 Å². The van der Waals surface area contributed by atoms with Crippen molar-refractivity contribution in [1.82, 2.24) is 15.1 Å². The van der Waals surface area contributed by atoms with Gasteiger partial charge < -0.3 is 4.90 Å². The second-order valence-electron chi connectivity index (χ2n) is 7.25. The molecule has 0 amide bonds. The standard InChI is InChI=1S/C23H22N4/c1-16-7-10-23(26-25-16)17-8-9-21-19(13-17)15-27(2)12-11-22(21)20-6-4-3-5-18(20)14-24/h3-10,13,22H,11-12,15H2,1-2H3. The van der Waals surface area contributed by atoms with Crippen molar-refractivity contribution >= 4 is 0 Å². The summed E-state index contributed by atoms with van der Waals surface area (Å²) in [5, 5.41) is 18.1. The Hall–Kier alpha value is -3.03. The lowest BCUT2D eigenvalue weighted by Crippen LogP contribution is -2.17. The van der Waals surface area contributed by atoms with E-state index in [1.165, 1.54) is 11.1 Å². The van der Waals surface area contributed by atoms with Crippen molar-refractivity contribution in [2.24, 2.45) is 0 Å². The molecule has 2 aromatic carbocycles. The first-order valence-electron chi connectivity index (χ1n) is 9.27. The predicted octanol–water partition coefficient (Wildman–Crippen LogP) is 4.29. The molecule has 1 aromatic heterocycles. The van der Waals surface area contributed by atoms with Crippen LogP contribution in [0.25, 0.3) is 11.3 Å². The molecule has 0 saturated carbocycles. The zero-order chi connectivity index (χ0) is 18.8. The fraction of sp³-hybridized carbons (Fsp3) is 0.261. The van der Waals surface area contributed by atoms with E-state index in [-0.39, 0.29) is 5.92 Å². The number of rotatable bonds is 2. The number of benzene rings is 2. The molecule has 4 nitrogen and oxygen atoms in total. The van der Waals surface area contributed by atoms with Gasteiger partial charge in [-0.15, -0.1) is 0 Å². The Balaban J connectivity index is 1.81. The average molecular weight is 354 g/mol. The zero-order valence-corrected chi connectivity index (χ0v) is 15.7. The maximum atomic E-state index is 9.56. The van der Waals surface area contributed by atoms with Crippen molar-refractivity contribution < 1.29 is 0 Å². The number of nitrogens with zero attached hydrogens (tertiary/aromatic N) is 4. The third kappa shape index (κ3) is 3.47. The molecule has 4 rings (SSSR count). The van der Waals surface area contributed by atoms with E-state index in [4.69, 9.17) is 0 Å². The number of hydrogen-bond acceptors (Lipinski definition) is 4. The minimum Gasteiger partial charge on any atom is -0.302 e. The number of nitriles is 1. The molecule has 1 atom stereocenters. The molecule has 1 aliphatic heterocycles. The zero-order valence-electron chi connectivity index (χ0n) is 15.7. The Kier molecular flexibility index (Phi) is 4.70. The van der Waals surface area contributed by atoms with Crippen LogP contribution in [0.5, 0.6) is 0 Å². The summed E-state index contributed by atoms with van der Waals surface area (Å²) in [6.07, 6.45) is 1.01. The van der Waals surface area contributed by atoms with E-state index in [0.717, 1.165) is 47.6 Å². The molecular formula is C23H22N4. The van der Waals surface area contributed by atoms with Crippen LogP contribution in [0.2, 0.25) is 0 Å². The van der Waals surface area contributed by atoms with Gasteiger partial charge >= 0.3 is 0 Å². The smallest absolute Gasteiger partial charge is 0.0994 e. The molecule has 2 heterocycles. The van der Waals surface area contributed by atoms with E-state index >= 15 is 0 Å². The Morgan fingerprint density at radius 3 is 2.67 bits per heavy atom. The number of fused-ring (bicyclic) bond motifs is 1. The fourth-order valence-electron chi connectivity index (χ4n) is 3.90. The lowest BCUT2D eigenvalue weighted by molar-refractivity contribution is 0.328. The van der Waals surface area contributed by atoms with E-state index in [2.05, 4.69) is 52.5 Å². The molecule has 0 N–H and O–H groups in total. The number of aromatic nitrogens is 2. The van der Waals surface area contributed by atoms with Crippen molar-refractivity contribution in [3.8, 4) is 17.3 Å². The van der Waals surface area contributed by atoms with E-state index in [1.54, 1.807) is 0 Å². The third-order valence-electron chi connectivity index (χ3n) is 5.31. The normalized spacial score (nSPS) is 17.0. The van der Waals surface area contributed by atoms with Gasteiger partial charge in [0.15, 0.2) is 0 Å². The largest absolute Gasteiger partial charge is 0.302 e. The average Bonchev–Trinajstić information content (AvgIpc) is 2.86. The Morgan fingerprint density at radius 1 is 1.04 bits per heavy atom. The molecule has 0 radical (unpaired) electrons. The first kappa shape index (κ1) is 17.4. The van der Waals surface area contributed by atoms with Crippen LogP contribution in [0.15, 0.2) is 54.6 Å². The molecule has 0 bridgehead atoms. The van der Waals surface area contributed by atoms with Crippen molar-refractivity contribution in [2.75, 3.05) is 13.6 Å². The van der Waals surface area contributed by atoms with Crippen molar-refractivity contribution in [2.45, 2.75) is 25.8 Å². The lowest BCUT2D eigenvalue weighted by atomic mass is 9.84. The van der Waals surface area contributed by atoms with Gasteiger partial charge in [-0.05, 0) is 67.9 Å². The predicted molar refractivity (Wildman–Crippen MR) is 106 cm³/mol. The Labute approximate surface area is 160 Å². The van der Waals surface area contributed by atoms with E-state index in [9.17, 15) is 5.26 Å². The van der Waals surface area contributed by atoms with Crippen LogP contribution in [-0.4, -0.2) is 28.7 Å². The van der Waals surface area contributed by atoms with Crippen LogP contribution in [0.3, 0.4) is 0 Å². The topological polar surface area (TPSA) is 52.8 Å². The molecule has 4 heteroatoms. The quantitative estimate of drug-likeness (QED) is 0.689. The van der Waals surface area contributed by atoms with Crippen LogP contribution in [0, 0.1) is 18.3 Å². The van der Waals surface area contributed by atoms with Gasteiger partial charge in [-0.3, -0.25) is 0 Å². The SMILES string of the molecule is Cc1ccc(-c2ccc3c(c2)CN(C)CCC3c2ccccc2C#N)nn1. The number of hydrogen-bond donors (Lipinski definition) is 0. The summed E-state index contributed by atoms with van der Waals surface area (Å²) in [6, 6.07) is 20.9. The highest BCUT2D eigenvalue weighted by atomic mass is 15.1. The van der Waals surface area contributed by atoms with Gasteiger partial charge in [0, 0.05) is 18.0 Å². The first-order chi connectivity index (χ1) is 13.2. The van der Waals surface area contributed by atoms with Gasteiger partial charge in [0.1, 0.15) is 0 Å². The summed E-state index contributed by atoms with van der Waals surface area (Å²) in [5.74, 6) is 0.235. The van der Waals surface area contributed by atoms with Crippen molar-refractivity contribution in [1.29, 1.82) is 5.26 Å². The fourth-order valence-corrected chi connectivity index (χ4v) is 3.90. The third-order valence-corrected chi connectivity index (χ3v) is 5.31. The molecule has 134 valence electrons. The van der Waals surface area contributed by atoms with Gasteiger partial charge in [-0.25, -0.2) is 0 Å². The molecule has 1 aliphatic rings. The van der Waals surface area contributed by atoms with Crippen LogP contribution < -0.4 is 0 Å². The molecule has 0 spiro atoms. The maximum Gasteiger partial charge on any atom is 0.0994 e. The minimum atomic E-state index is 0.235. The molecule has 1 unspecified atom stereocenters. The van der Waals surface area contributed by atoms with Crippen LogP contribution in [0.1, 0.15) is 40.3 Å². The highest BCUT2D eigenvalue weighted by Gasteiger charge is 2.24. The summed E-state index contributed by atoms with van der Waals surface area (Å²) >= 11 is 0.